The molecule has 0 aliphatic rings. The lowest BCUT2D eigenvalue weighted by molar-refractivity contribution is 1.63. The summed E-state index contributed by atoms with van der Waals surface area (Å²) in [6.07, 6.45) is 3.65. The van der Waals surface area contributed by atoms with Gasteiger partial charge in [0.1, 0.15) is 0 Å². The van der Waals surface area contributed by atoms with Gasteiger partial charge in [-0.05, 0) is 11.1 Å². The topological polar surface area (TPSA) is 0 Å². The van der Waals surface area contributed by atoms with Crippen LogP contribution in [0.3, 0.4) is 0 Å². The van der Waals surface area contributed by atoms with Crippen LogP contribution in [0.25, 0.3) is 12.2 Å². The van der Waals surface area contributed by atoms with Crippen LogP contribution in [-0.4, -0.2) is 9.52 Å². The van der Waals surface area contributed by atoms with Gasteiger partial charge in [-0.25, -0.2) is 0 Å². The monoisotopic (exact) mass is 190 g/mol. The Balaban J connectivity index is 0.000000424. The van der Waals surface area contributed by atoms with E-state index in [1.165, 1.54) is 0 Å². The highest BCUT2D eigenvalue weighted by atomic mass is 28.2. The van der Waals surface area contributed by atoms with Crippen molar-refractivity contribution >= 4 is 21.7 Å². The lowest BCUT2D eigenvalue weighted by atomic mass is 10.1. The number of hydrogen-bond donors (Lipinski definition) is 0. The van der Waals surface area contributed by atoms with Gasteiger partial charge in [0.15, 0.2) is 0 Å². The van der Waals surface area contributed by atoms with E-state index in [1.54, 1.807) is 0 Å². The summed E-state index contributed by atoms with van der Waals surface area (Å²) in [5.41, 5.74) is 2.29. The third-order valence-corrected chi connectivity index (χ3v) is 1.41. The molecular formula is C12H18Si. The quantitative estimate of drug-likeness (QED) is 0.628. The average molecular weight is 190 g/mol. The van der Waals surface area contributed by atoms with E-state index in [2.05, 4.69) is 26.3 Å². The van der Waals surface area contributed by atoms with Crippen LogP contribution in [0.5, 0.6) is 0 Å². The van der Waals surface area contributed by atoms with Gasteiger partial charge in [-0.2, -0.15) is 0 Å². The SMILES string of the molecule is C=Cc1ccc(C=C)cc1.C[SiH2]C. The van der Waals surface area contributed by atoms with Gasteiger partial charge in [0.05, 0.1) is 0 Å². The molecule has 0 aliphatic heterocycles. The first-order chi connectivity index (χ1) is 6.28. The maximum absolute atomic E-state index is 3.66. The van der Waals surface area contributed by atoms with Crippen molar-refractivity contribution in [1.29, 1.82) is 0 Å². The summed E-state index contributed by atoms with van der Waals surface area (Å²) in [5, 5.41) is 0. The molecule has 0 radical (unpaired) electrons. The standard InChI is InChI=1S/C10H10.C2H8Si/c1-3-9-5-7-10(4-2)8-6-9;1-3-2/h3-8H,1-2H2;3H2,1-2H3. The molecule has 0 fully saturated rings. The average Bonchev–Trinajstić information content (AvgIpc) is 2.19. The summed E-state index contributed by atoms with van der Waals surface area (Å²) < 4.78 is 0. The highest BCUT2D eigenvalue weighted by molar-refractivity contribution is 6.31. The Morgan fingerprint density at radius 1 is 0.923 bits per heavy atom. The van der Waals surface area contributed by atoms with E-state index in [4.69, 9.17) is 0 Å². The zero-order valence-corrected chi connectivity index (χ0v) is 10.00. The zero-order valence-electron chi connectivity index (χ0n) is 8.59. The fourth-order valence-corrected chi connectivity index (χ4v) is 0.768. The molecule has 1 heteroatoms. The number of benzene rings is 1. The smallest absolute Gasteiger partial charge is 0.0135 e. The van der Waals surface area contributed by atoms with E-state index < -0.39 is 0 Å². The van der Waals surface area contributed by atoms with Crippen LogP contribution in [0.2, 0.25) is 13.1 Å². The molecule has 13 heavy (non-hydrogen) atoms. The summed E-state index contributed by atoms with van der Waals surface area (Å²) in [6.45, 7) is 11.8. The Morgan fingerprint density at radius 2 is 1.15 bits per heavy atom. The third-order valence-electron chi connectivity index (χ3n) is 1.41. The van der Waals surface area contributed by atoms with Gasteiger partial charge in [-0.1, -0.05) is 62.7 Å². The van der Waals surface area contributed by atoms with Crippen molar-refractivity contribution in [3.63, 3.8) is 0 Å². The predicted molar refractivity (Wildman–Crippen MR) is 66.9 cm³/mol. The second-order valence-corrected chi connectivity index (χ2v) is 4.20. The molecule has 0 bridgehead atoms. The van der Waals surface area contributed by atoms with Crippen LogP contribution in [0.15, 0.2) is 37.4 Å². The molecule has 0 amide bonds. The summed E-state index contributed by atoms with van der Waals surface area (Å²) in [6, 6.07) is 8.07. The highest BCUT2D eigenvalue weighted by Gasteiger charge is 1.84. The zero-order chi connectivity index (χ0) is 10.1. The first kappa shape index (κ1) is 11.9. The molecule has 0 aliphatic carbocycles. The normalized spacial score (nSPS) is 8.15. The van der Waals surface area contributed by atoms with Crippen molar-refractivity contribution in [3.05, 3.63) is 48.6 Å². The summed E-state index contributed by atoms with van der Waals surface area (Å²) in [4.78, 5) is 0. The molecule has 0 spiro atoms. The molecule has 0 nitrogen and oxygen atoms in total. The molecule has 0 N–H and O–H groups in total. The van der Waals surface area contributed by atoms with Crippen molar-refractivity contribution in [1.82, 2.24) is 0 Å². The number of hydrogen-bond acceptors (Lipinski definition) is 0. The van der Waals surface area contributed by atoms with Gasteiger partial charge in [0.25, 0.3) is 0 Å². The van der Waals surface area contributed by atoms with Gasteiger partial charge >= 0.3 is 0 Å². The summed E-state index contributed by atoms with van der Waals surface area (Å²) in [7, 11) is 0.417. The Labute approximate surface area is 83.8 Å². The molecule has 1 aromatic carbocycles. The maximum Gasteiger partial charge on any atom is 0.0135 e. The molecule has 1 rings (SSSR count). The minimum Gasteiger partial charge on any atom is -0.0985 e. The molecule has 0 atom stereocenters. The van der Waals surface area contributed by atoms with Crippen molar-refractivity contribution in [2.75, 3.05) is 0 Å². The van der Waals surface area contributed by atoms with Gasteiger partial charge in [0, 0.05) is 9.52 Å². The van der Waals surface area contributed by atoms with Gasteiger partial charge in [-0.15, -0.1) is 0 Å². The van der Waals surface area contributed by atoms with Crippen LogP contribution < -0.4 is 0 Å². The van der Waals surface area contributed by atoms with Crippen LogP contribution in [0.1, 0.15) is 11.1 Å². The Kier molecular flexibility index (Phi) is 6.93. The van der Waals surface area contributed by atoms with Crippen LogP contribution in [-0.2, 0) is 0 Å². The largest absolute Gasteiger partial charge is 0.0985 e. The molecule has 0 saturated heterocycles. The molecule has 1 aromatic rings. The Morgan fingerprint density at radius 3 is 1.31 bits per heavy atom. The second-order valence-electron chi connectivity index (χ2n) is 2.78. The molecule has 0 aromatic heterocycles. The van der Waals surface area contributed by atoms with E-state index in [9.17, 15) is 0 Å². The second kappa shape index (κ2) is 7.56. The predicted octanol–water partition coefficient (Wildman–Crippen LogP) is 3.22. The maximum atomic E-state index is 3.66. The molecule has 0 unspecified atom stereocenters. The summed E-state index contributed by atoms with van der Waals surface area (Å²) >= 11 is 0. The van der Waals surface area contributed by atoms with E-state index in [-0.39, 0.29) is 0 Å². The van der Waals surface area contributed by atoms with E-state index in [0.717, 1.165) is 11.1 Å². The lowest BCUT2D eigenvalue weighted by Crippen LogP contribution is -1.71. The molecular weight excluding hydrogens is 172 g/mol. The number of rotatable bonds is 2. The van der Waals surface area contributed by atoms with Crippen molar-refractivity contribution in [3.8, 4) is 0 Å². The van der Waals surface area contributed by atoms with Crippen LogP contribution in [0.4, 0.5) is 0 Å². The van der Waals surface area contributed by atoms with Crippen molar-refractivity contribution < 1.29 is 0 Å². The van der Waals surface area contributed by atoms with E-state index in [0.29, 0.717) is 9.52 Å². The van der Waals surface area contributed by atoms with Gasteiger partial charge < -0.3 is 0 Å². The third kappa shape index (κ3) is 5.20. The van der Waals surface area contributed by atoms with Crippen molar-refractivity contribution in [2.45, 2.75) is 13.1 Å². The van der Waals surface area contributed by atoms with Crippen molar-refractivity contribution in [2.24, 2.45) is 0 Å². The fraction of sp³-hybridized carbons (Fsp3) is 0.167. The summed E-state index contributed by atoms with van der Waals surface area (Å²) in [5.74, 6) is 0. The van der Waals surface area contributed by atoms with Crippen LogP contribution >= 0.6 is 0 Å². The lowest BCUT2D eigenvalue weighted by Gasteiger charge is -1.92. The van der Waals surface area contributed by atoms with Gasteiger partial charge in [0.2, 0.25) is 0 Å². The molecule has 70 valence electrons. The fourth-order valence-electron chi connectivity index (χ4n) is 0.768. The van der Waals surface area contributed by atoms with Crippen LogP contribution in [0, 0.1) is 0 Å². The van der Waals surface area contributed by atoms with E-state index >= 15 is 0 Å². The molecule has 0 saturated carbocycles. The molecule has 0 heterocycles. The first-order valence-electron chi connectivity index (χ1n) is 4.63. The highest BCUT2D eigenvalue weighted by Crippen LogP contribution is 2.05. The minimum absolute atomic E-state index is 0.417. The van der Waals surface area contributed by atoms with Gasteiger partial charge in [-0.3, -0.25) is 0 Å². The Hall–Kier alpha value is -1.08. The van der Waals surface area contributed by atoms with E-state index in [1.807, 2.05) is 36.4 Å². The first-order valence-corrected chi connectivity index (χ1v) is 7.46. The minimum atomic E-state index is 0.417. The Bertz CT molecular complexity index is 219.